The first-order chi connectivity index (χ1) is 68.6. The molecule has 2 heterocycles. The average molecular weight is 2340 g/mol. The zero-order valence-corrected chi connectivity index (χ0v) is 126. The molecule has 4 unspecified atom stereocenters. The van der Waals surface area contributed by atoms with Gasteiger partial charge in [-0.3, -0.25) is 0 Å². The van der Waals surface area contributed by atoms with Gasteiger partial charge in [-0.1, -0.05) is 575 Å². The van der Waals surface area contributed by atoms with Gasteiger partial charge in [0.15, 0.2) is 33.3 Å². The molecule has 2 aliphatic heterocycles. The predicted molar refractivity (Wildman–Crippen MR) is 720 cm³/mol. The Morgan fingerprint density at radius 2 is 0.327 bits per heavy atom. The quantitative estimate of drug-likeness (QED) is 0.0362. The molecule has 2 saturated heterocycles. The predicted octanol–water partition coefficient (Wildman–Crippen LogP) is 44.6. The normalized spacial score (nSPS) is 21.1. The Bertz CT molecular complexity index is 3100. The molecule has 0 N–H and O–H groups in total. The van der Waals surface area contributed by atoms with Crippen molar-refractivity contribution >= 4 is 155 Å². The van der Waals surface area contributed by atoms with Crippen LogP contribution in [0.5, 0.6) is 0 Å². The zero-order chi connectivity index (χ0) is 115. The Balaban J connectivity index is -0.000000250. The van der Waals surface area contributed by atoms with Crippen LogP contribution in [0.2, 0.25) is 254 Å². The summed E-state index contributed by atoms with van der Waals surface area (Å²) >= 11 is 0. The maximum absolute atomic E-state index is 6.97. The van der Waals surface area contributed by atoms with Crippen LogP contribution in [0.1, 0.15) is 429 Å². The lowest BCUT2D eigenvalue weighted by Crippen LogP contribution is -2.67. The fourth-order valence-corrected chi connectivity index (χ4v) is 95.2. The van der Waals surface area contributed by atoms with Gasteiger partial charge in [-0.05, 0) is 177 Å². The highest BCUT2D eigenvalue weighted by atomic mass is 28.5. The van der Waals surface area contributed by atoms with Crippen molar-refractivity contribution in [2.24, 2.45) is 0 Å². The maximum Gasteiger partial charge on any atom is 0.317 e. The number of rotatable bonds is 61. The molecule has 2 aromatic rings. The Morgan fingerprint density at radius 1 is 0.170 bits per heavy atom. The molecule has 0 saturated carbocycles. The molecule has 4 rings (SSSR count). The van der Waals surface area contributed by atoms with E-state index in [9.17, 15) is 0 Å². The van der Waals surface area contributed by atoms with E-state index in [4.69, 9.17) is 41.2 Å². The van der Waals surface area contributed by atoms with Gasteiger partial charge in [0.05, 0.1) is 32.3 Å². The molecular weight excluding hydrogens is 2060 g/mol. The molecule has 0 bridgehead atoms. The summed E-state index contributed by atoms with van der Waals surface area (Å²) in [5.74, 6) is 0. The molecule has 0 spiro atoms. The fourth-order valence-electron chi connectivity index (χ4n) is 19.9. The van der Waals surface area contributed by atoms with Gasteiger partial charge in [-0.2, -0.15) is 0 Å². The van der Waals surface area contributed by atoms with E-state index >= 15 is 0 Å². The van der Waals surface area contributed by atoms with Gasteiger partial charge in [-0.15, -0.1) is 26.3 Å². The molecule has 0 aromatic heterocycles. The van der Waals surface area contributed by atoms with Crippen molar-refractivity contribution < 1.29 is 41.2 Å². The first-order valence-electron chi connectivity index (χ1n) is 62.9. The van der Waals surface area contributed by atoms with Gasteiger partial charge in [0, 0.05) is 0 Å². The summed E-state index contributed by atoms with van der Waals surface area (Å²) in [7, 11) is -28.2. The summed E-state index contributed by atoms with van der Waals surface area (Å²) in [6, 6.07) is 38.8. The molecule has 882 valence electrons. The van der Waals surface area contributed by atoms with Crippen molar-refractivity contribution in [1.82, 2.24) is 0 Å². The Kier molecular flexibility index (Phi) is 103. The van der Waals surface area contributed by atoms with Crippen molar-refractivity contribution in [3.63, 3.8) is 0 Å². The molecule has 147 heavy (non-hydrogen) atoms. The second-order valence-electron chi connectivity index (χ2n) is 49.7. The number of unbranched alkanes of at least 4 members (excludes halogenated alkanes) is 23. The van der Waals surface area contributed by atoms with E-state index in [0.717, 1.165) is 67.6 Å². The van der Waals surface area contributed by atoms with Crippen LogP contribution < -0.4 is 20.7 Å². The second-order valence-corrected chi connectivity index (χ2v) is 116. The summed E-state index contributed by atoms with van der Waals surface area (Å²) in [4.78, 5) is 0. The molecule has 10 nitrogen and oxygen atoms in total. The van der Waals surface area contributed by atoms with Crippen molar-refractivity contribution in [3.8, 4) is 0 Å². The van der Waals surface area contributed by atoms with Crippen LogP contribution in [0.3, 0.4) is 0 Å². The third-order valence-electron chi connectivity index (χ3n) is 28.7. The van der Waals surface area contributed by atoms with E-state index in [2.05, 4.69) is 398 Å². The van der Waals surface area contributed by atoms with E-state index in [0.29, 0.717) is 0 Å². The minimum atomic E-state index is -2.29. The van der Waals surface area contributed by atoms with Crippen LogP contribution >= 0.6 is 0 Å². The molecule has 0 radical (unpaired) electrons. The highest BCUT2D eigenvalue weighted by molar-refractivity contribution is 6.96. The lowest BCUT2D eigenvalue weighted by atomic mass is 10.1. The smallest absolute Gasteiger partial charge is 0.317 e. The van der Waals surface area contributed by atoms with Crippen LogP contribution in [0, 0.1) is 0 Å². The number of hydrogen-bond donors (Lipinski definition) is 0. The zero-order valence-electron chi connectivity index (χ0n) is 110. The maximum atomic E-state index is 6.97. The molecule has 2 fully saturated rings. The van der Waals surface area contributed by atoms with Crippen LogP contribution in [-0.2, 0) is 41.2 Å². The monoisotopic (exact) mass is 2340 g/mol. The average Bonchev–Trinajstić information content (AvgIpc) is 0.772. The summed E-state index contributed by atoms with van der Waals surface area (Å²) in [5.41, 5.74) is 0. The van der Waals surface area contributed by atoms with Crippen molar-refractivity contribution in [3.05, 3.63) is 74.8 Å². The van der Waals surface area contributed by atoms with Gasteiger partial charge in [0.25, 0.3) is 0 Å². The third-order valence-corrected chi connectivity index (χ3v) is 96.3. The van der Waals surface area contributed by atoms with Crippen LogP contribution in [0.4, 0.5) is 0 Å². The molecule has 4 atom stereocenters. The Labute approximate surface area is 946 Å². The minimum absolute atomic E-state index is 0.963. The largest absolute Gasteiger partial charge is 0.455 e. The molecule has 2 aliphatic rings. The fraction of sp³-hybridized carbons (Fsp3) is 0.868. The summed E-state index contributed by atoms with van der Waals surface area (Å²) < 4.78 is 67.8. The first kappa shape index (κ1) is 163. The van der Waals surface area contributed by atoms with Crippen molar-refractivity contribution in [1.29, 1.82) is 0 Å². The lowest BCUT2D eigenvalue weighted by Gasteiger charge is -2.50. The molecule has 0 amide bonds. The van der Waals surface area contributed by atoms with Crippen molar-refractivity contribution in [2.45, 2.75) is 683 Å². The first-order valence-corrected chi connectivity index (χ1v) is 108. The standard InChI is InChI=1S/C18H44O4Si4.C18H34Si2.C17H32Si2.C15H38O4Si4.C12H30OSi2.C11H28OSi2.C8H18.C7H16.C6H14.C5H12.2C2H4/c1-9-13-16-24(6)19-23(5,12-4)20-25(7,17-14-10-2)22-26(8,21-24)18-15-11-3;1-7-9-15-19(3,4)17-11-13-18(14-12-17)20(5,6)16-10-8-2;1-7-9-15-19(5,6)17-12-10-16(11-13-17)18(3,4)14-8-2;1-9-13-21(6)16-20(5,12-4)17-22(7,14-10-2)19-23(8,18-21)15-11-3;1-7-9-11-14(3,4)13-15(5,6)12-10-8-2;1-7-9-11-14(5,6)12-13(3,4)10-8-2;1-3-5-7-8-6-4-2;1-3-5-7-6-4-2;1-3-5-6-4-2;1-3-5-4-2;2*1-2/h9-18H2,1-8H3;11-14H,7-10,15-16H2,1-6H3;10-13H,7-9,14-15H2,1-6H3;9-15H2,1-8H3;7-12H2,1-6H3;7-11H2,1-6H3;3-8H2,1-2H3;3-7H2,1-2H3;3-6H2,1-2H3;3-5H2,1-2H3;2*1-2H2. The number of hydrogen-bond acceptors (Lipinski definition) is 10. The second kappa shape index (κ2) is 92.5. The van der Waals surface area contributed by atoms with Gasteiger partial charge < -0.3 is 41.2 Å². The molecular formula is C121H274O10Si16. The highest BCUT2D eigenvalue weighted by Crippen LogP contribution is 2.41. The minimum Gasteiger partial charge on any atom is -0.455 e. The van der Waals surface area contributed by atoms with Gasteiger partial charge in [0.2, 0.25) is 0 Å². The topological polar surface area (TPSA) is 92.3 Å². The van der Waals surface area contributed by atoms with E-state index < -0.39 is 134 Å². The van der Waals surface area contributed by atoms with E-state index in [1.807, 2.05) is 0 Å². The summed E-state index contributed by atoms with van der Waals surface area (Å²) in [5, 5.41) is 6.58. The van der Waals surface area contributed by atoms with Gasteiger partial charge in [-0.25, -0.2) is 0 Å². The van der Waals surface area contributed by atoms with Crippen LogP contribution in [0.25, 0.3) is 0 Å². The molecule has 26 heteroatoms. The van der Waals surface area contributed by atoms with Crippen LogP contribution in [0.15, 0.2) is 74.8 Å². The Hall–Kier alpha value is 0.990. The van der Waals surface area contributed by atoms with E-state index in [-0.39, 0.29) is 0 Å². The van der Waals surface area contributed by atoms with Crippen LogP contribution in [-0.4, -0.2) is 134 Å². The molecule has 2 aromatic carbocycles. The highest BCUT2D eigenvalue weighted by Gasteiger charge is 2.58. The summed E-state index contributed by atoms with van der Waals surface area (Å²) in [6.45, 7) is 123. The van der Waals surface area contributed by atoms with E-state index in [1.54, 1.807) is 20.7 Å². The summed E-state index contributed by atoms with van der Waals surface area (Å²) in [6.07, 6.45) is 54.1. The van der Waals surface area contributed by atoms with Crippen molar-refractivity contribution in [2.75, 3.05) is 0 Å². The SMILES string of the molecule is C=C.C=C.CCCCC.CCCCCC.CCCCCCC.CCCCCCCC.CCCC[Si](C)(C)O[Si](C)(C)CCC.CCCC[Si](C)(C)O[Si](C)(C)CCCC.CCCC[Si](C)(C)c1ccc([Si](C)(C)CCC)cc1.CCCC[Si](C)(C)c1ccc([Si](C)(C)CCCC)cc1.CCCC[Si]1(C)O[Si](C)(CC)O[Si](C)(CCCC)O[Si](C)(CCCC)O1.CCC[Si]1(C)O[Si](C)(CC)O[Si](C)(CCC)O[Si](C)(CCC)O1. The van der Waals surface area contributed by atoms with E-state index in [1.165, 1.54) is 292 Å². The lowest BCUT2D eigenvalue weighted by molar-refractivity contribution is 0.219. The number of benzene rings is 2. The third kappa shape index (κ3) is 85.6. The van der Waals surface area contributed by atoms with Gasteiger partial charge >= 0.3 is 68.5 Å². The van der Waals surface area contributed by atoms with Gasteiger partial charge in [0.1, 0.15) is 0 Å². The molecule has 0 aliphatic carbocycles. The Morgan fingerprint density at radius 3 is 0.497 bits per heavy atom.